The molecule has 0 fully saturated rings. The van der Waals surface area contributed by atoms with E-state index in [1.807, 2.05) is 60.0 Å². The molecule has 6 nitrogen and oxygen atoms in total. The molecule has 0 radical (unpaired) electrons. The third-order valence-corrected chi connectivity index (χ3v) is 5.69. The summed E-state index contributed by atoms with van der Waals surface area (Å²) in [6.45, 7) is 2.46. The maximum Gasteiger partial charge on any atom is 0.291 e. The predicted molar refractivity (Wildman–Crippen MR) is 120 cm³/mol. The van der Waals surface area contributed by atoms with Gasteiger partial charge in [0, 0.05) is 29.4 Å². The third-order valence-electron chi connectivity index (χ3n) is 5.43. The van der Waals surface area contributed by atoms with Crippen molar-refractivity contribution in [2.45, 2.75) is 25.8 Å². The number of amides is 1. The molecule has 154 valence electrons. The molecule has 0 aliphatic heterocycles. The second-order valence-corrected chi connectivity index (χ2v) is 7.75. The van der Waals surface area contributed by atoms with E-state index >= 15 is 0 Å². The van der Waals surface area contributed by atoms with E-state index in [1.54, 1.807) is 13.2 Å². The van der Waals surface area contributed by atoms with Crippen molar-refractivity contribution < 1.29 is 4.79 Å². The molecule has 1 amide bonds. The Balaban J connectivity index is 1.68. The zero-order valence-corrected chi connectivity index (χ0v) is 17.7. The molecule has 30 heavy (non-hydrogen) atoms. The maximum absolute atomic E-state index is 13.1. The Hall–Kier alpha value is -3.12. The zero-order valence-electron chi connectivity index (χ0n) is 16.9. The smallest absolute Gasteiger partial charge is 0.291 e. The first-order valence-corrected chi connectivity index (χ1v) is 10.4. The lowest BCUT2D eigenvalue weighted by Crippen LogP contribution is -2.34. The molecule has 1 N–H and O–H groups in total. The average Bonchev–Trinajstić information content (AvgIpc) is 3.08. The van der Waals surface area contributed by atoms with Crippen molar-refractivity contribution in [2.24, 2.45) is 7.05 Å². The first kappa shape index (κ1) is 20.2. The van der Waals surface area contributed by atoms with Gasteiger partial charge in [-0.25, -0.2) is 4.68 Å². The van der Waals surface area contributed by atoms with Crippen LogP contribution in [0.4, 0.5) is 0 Å². The summed E-state index contributed by atoms with van der Waals surface area (Å²) in [4.78, 5) is 26.0. The van der Waals surface area contributed by atoms with Crippen LogP contribution in [0.15, 0.2) is 59.5 Å². The molecule has 0 aliphatic rings. The van der Waals surface area contributed by atoms with Crippen LogP contribution in [0.5, 0.6) is 0 Å². The quantitative estimate of drug-likeness (QED) is 0.513. The summed E-state index contributed by atoms with van der Waals surface area (Å²) < 4.78 is 3.18. The maximum atomic E-state index is 13.1. The van der Waals surface area contributed by atoms with Crippen LogP contribution in [0.3, 0.4) is 0 Å². The number of fused-ring (bicyclic) bond motifs is 3. The van der Waals surface area contributed by atoms with Gasteiger partial charge in [-0.15, -0.1) is 0 Å². The minimum atomic E-state index is -0.493. The number of aryl methyl sites for hydroxylation is 1. The number of nitrogens with one attached hydrogen (secondary N) is 1. The molecule has 0 bridgehead atoms. The first-order valence-electron chi connectivity index (χ1n) is 9.98. The second-order valence-electron chi connectivity index (χ2n) is 7.31. The topological polar surface area (TPSA) is 68.9 Å². The number of rotatable bonds is 6. The van der Waals surface area contributed by atoms with E-state index in [-0.39, 0.29) is 11.5 Å². The van der Waals surface area contributed by atoms with Crippen molar-refractivity contribution in [2.75, 3.05) is 6.54 Å². The molecule has 2 aromatic carbocycles. The van der Waals surface area contributed by atoms with Gasteiger partial charge < -0.3 is 9.88 Å². The number of hydrogen-bond acceptors (Lipinski definition) is 3. The molecular formula is C23H23ClN4O2. The van der Waals surface area contributed by atoms with Crippen LogP contribution in [0.2, 0.25) is 5.02 Å². The molecule has 4 rings (SSSR count). The van der Waals surface area contributed by atoms with Crippen LogP contribution in [-0.2, 0) is 18.3 Å². The number of nitrogens with zero attached hydrogens (tertiary/aromatic N) is 3. The summed E-state index contributed by atoms with van der Waals surface area (Å²) in [6.07, 6.45) is 2.96. The summed E-state index contributed by atoms with van der Waals surface area (Å²) in [5.74, 6) is -0.104. The van der Waals surface area contributed by atoms with Crippen LogP contribution < -0.4 is 10.9 Å². The van der Waals surface area contributed by atoms with E-state index in [4.69, 9.17) is 11.6 Å². The normalized spacial score (nSPS) is 12.4. The Morgan fingerprint density at radius 2 is 1.87 bits per heavy atom. The minimum absolute atomic E-state index is 0.104. The standard InChI is InChI=1S/C23H23ClN4O2/c1-3-19(22(29)25-13-12-15-8-10-16(24)11-9-15)28-20-7-5-4-6-17(20)18-14-26-27(2)23(30)21(18)28/h4-11,14,19H,3,12-13H2,1-2H3,(H,25,29)/t19-/m1/s1. The monoisotopic (exact) mass is 422 g/mol. The fraction of sp³-hybridized carbons (Fsp3) is 0.261. The van der Waals surface area contributed by atoms with E-state index in [9.17, 15) is 9.59 Å². The van der Waals surface area contributed by atoms with Gasteiger partial charge in [-0.05, 0) is 36.6 Å². The van der Waals surface area contributed by atoms with Crippen LogP contribution in [-0.4, -0.2) is 26.8 Å². The van der Waals surface area contributed by atoms with Gasteiger partial charge in [-0.2, -0.15) is 5.10 Å². The molecule has 0 unspecified atom stereocenters. The highest BCUT2D eigenvalue weighted by molar-refractivity contribution is 6.30. The third kappa shape index (κ3) is 3.59. The number of halogens is 1. The predicted octanol–water partition coefficient (Wildman–Crippen LogP) is 3.85. The number of aromatic nitrogens is 3. The largest absolute Gasteiger partial charge is 0.354 e. The van der Waals surface area contributed by atoms with Crippen LogP contribution >= 0.6 is 11.6 Å². The summed E-state index contributed by atoms with van der Waals surface area (Å²) in [7, 11) is 1.62. The SMILES string of the molecule is CC[C@H](C(=O)NCCc1ccc(Cl)cc1)n1c2ccccc2c2cnn(C)c(=O)c21. The van der Waals surface area contributed by atoms with Gasteiger partial charge >= 0.3 is 0 Å². The number of benzene rings is 2. The van der Waals surface area contributed by atoms with Crippen LogP contribution in [0.25, 0.3) is 21.8 Å². The summed E-state index contributed by atoms with van der Waals surface area (Å²) in [5, 5.41) is 9.58. The van der Waals surface area contributed by atoms with Gasteiger partial charge in [-0.3, -0.25) is 9.59 Å². The fourth-order valence-electron chi connectivity index (χ4n) is 3.90. The Labute approximate surface area is 179 Å². The van der Waals surface area contributed by atoms with Crippen molar-refractivity contribution in [3.8, 4) is 0 Å². The number of hydrogen-bond donors (Lipinski definition) is 1. The summed E-state index contributed by atoms with van der Waals surface area (Å²) in [5.41, 5.74) is 2.26. The van der Waals surface area contributed by atoms with E-state index in [0.29, 0.717) is 29.9 Å². The van der Waals surface area contributed by atoms with Gasteiger partial charge in [0.1, 0.15) is 11.6 Å². The van der Waals surface area contributed by atoms with Gasteiger partial charge in [0.05, 0.1) is 11.7 Å². The lowest BCUT2D eigenvalue weighted by atomic mass is 10.1. The Kier molecular flexibility index (Phi) is 5.59. The molecule has 1 atom stereocenters. The van der Waals surface area contributed by atoms with E-state index in [0.717, 1.165) is 21.9 Å². The highest BCUT2D eigenvalue weighted by Gasteiger charge is 2.25. The second kappa shape index (κ2) is 8.32. The lowest BCUT2D eigenvalue weighted by Gasteiger charge is -2.19. The van der Waals surface area contributed by atoms with Gasteiger partial charge in [0.25, 0.3) is 5.56 Å². The number of carbonyl (C=O) groups is 1. The fourth-order valence-corrected chi connectivity index (χ4v) is 4.02. The number of para-hydroxylation sites is 1. The van der Waals surface area contributed by atoms with E-state index < -0.39 is 6.04 Å². The van der Waals surface area contributed by atoms with Crippen LogP contribution in [0.1, 0.15) is 24.9 Å². The number of carbonyl (C=O) groups excluding carboxylic acids is 1. The Bertz CT molecular complexity index is 1270. The first-order chi connectivity index (χ1) is 14.5. The zero-order chi connectivity index (χ0) is 21.3. The van der Waals surface area contributed by atoms with Crippen molar-refractivity contribution >= 4 is 39.3 Å². The van der Waals surface area contributed by atoms with Crippen LogP contribution in [0, 0.1) is 0 Å². The molecule has 0 saturated carbocycles. The molecule has 2 aromatic heterocycles. The van der Waals surface area contributed by atoms with Crippen molar-refractivity contribution in [3.05, 3.63) is 75.7 Å². The lowest BCUT2D eigenvalue weighted by molar-refractivity contribution is -0.124. The molecule has 4 aromatic rings. The Morgan fingerprint density at radius 3 is 2.60 bits per heavy atom. The van der Waals surface area contributed by atoms with Crippen molar-refractivity contribution in [1.82, 2.24) is 19.7 Å². The minimum Gasteiger partial charge on any atom is -0.354 e. The molecule has 0 saturated heterocycles. The Morgan fingerprint density at radius 1 is 1.13 bits per heavy atom. The molecule has 0 aliphatic carbocycles. The summed E-state index contributed by atoms with van der Waals surface area (Å²) >= 11 is 5.93. The molecule has 0 spiro atoms. The van der Waals surface area contributed by atoms with Crippen molar-refractivity contribution in [3.63, 3.8) is 0 Å². The van der Waals surface area contributed by atoms with Gasteiger partial charge in [0.2, 0.25) is 5.91 Å². The van der Waals surface area contributed by atoms with E-state index in [2.05, 4.69) is 10.4 Å². The molecule has 2 heterocycles. The van der Waals surface area contributed by atoms with E-state index in [1.165, 1.54) is 4.68 Å². The van der Waals surface area contributed by atoms with Gasteiger partial charge in [-0.1, -0.05) is 48.9 Å². The highest BCUT2D eigenvalue weighted by Crippen LogP contribution is 2.30. The van der Waals surface area contributed by atoms with Gasteiger partial charge in [0.15, 0.2) is 0 Å². The summed E-state index contributed by atoms with van der Waals surface area (Å²) in [6, 6.07) is 14.8. The highest BCUT2D eigenvalue weighted by atomic mass is 35.5. The molecule has 7 heteroatoms. The molecular weight excluding hydrogens is 400 g/mol. The van der Waals surface area contributed by atoms with Crippen molar-refractivity contribution in [1.29, 1.82) is 0 Å². The average molecular weight is 423 g/mol.